The Morgan fingerprint density at radius 2 is 2.00 bits per heavy atom. The molecule has 0 spiro atoms. The number of hydrogen-bond donors (Lipinski definition) is 2. The maximum Gasteiger partial charge on any atom is 0.258 e. The van der Waals surface area contributed by atoms with Crippen molar-refractivity contribution in [3.05, 3.63) is 35.7 Å². The number of amides is 1. The van der Waals surface area contributed by atoms with Crippen molar-refractivity contribution in [1.29, 1.82) is 0 Å². The molecule has 0 saturated heterocycles. The number of anilines is 2. The zero-order valence-electron chi connectivity index (χ0n) is 13.1. The Morgan fingerprint density at radius 1 is 1.29 bits per heavy atom. The van der Waals surface area contributed by atoms with Gasteiger partial charge in [-0.2, -0.15) is 5.10 Å². The summed E-state index contributed by atoms with van der Waals surface area (Å²) in [6.07, 6.45) is 1.56. The Bertz CT molecular complexity index is 622. The minimum absolute atomic E-state index is 0.0368. The number of carbonyl (C=O) groups is 1. The largest absolute Gasteiger partial charge is 0.363 e. The van der Waals surface area contributed by atoms with Crippen LogP contribution in [0, 0.1) is 0 Å². The molecular weight excluding hydrogens is 266 g/mol. The fourth-order valence-corrected chi connectivity index (χ4v) is 1.74. The first-order valence-electron chi connectivity index (χ1n) is 6.78. The second-order valence-electron chi connectivity index (χ2n) is 6.17. The van der Waals surface area contributed by atoms with E-state index in [2.05, 4.69) is 41.3 Å². The lowest BCUT2D eigenvalue weighted by atomic mass is 9.92. The molecule has 21 heavy (non-hydrogen) atoms. The van der Waals surface area contributed by atoms with E-state index in [-0.39, 0.29) is 11.3 Å². The Balaban J connectivity index is 2.09. The van der Waals surface area contributed by atoms with Gasteiger partial charge >= 0.3 is 0 Å². The predicted octanol–water partition coefficient (Wildman–Crippen LogP) is 2.42. The Morgan fingerprint density at radius 3 is 2.48 bits per heavy atom. The van der Waals surface area contributed by atoms with Crippen molar-refractivity contribution in [2.75, 3.05) is 24.3 Å². The number of nitrogens with one attached hydrogen (secondary N) is 2. The van der Waals surface area contributed by atoms with Crippen molar-refractivity contribution >= 4 is 17.5 Å². The lowest BCUT2D eigenvalue weighted by molar-refractivity contribution is 0.102. The van der Waals surface area contributed by atoms with Gasteiger partial charge in [-0.25, -0.2) is 4.98 Å². The van der Waals surface area contributed by atoms with E-state index >= 15 is 0 Å². The summed E-state index contributed by atoms with van der Waals surface area (Å²) in [5, 5.41) is 9.81. The van der Waals surface area contributed by atoms with E-state index in [0.717, 1.165) is 11.5 Å². The summed E-state index contributed by atoms with van der Waals surface area (Å²) < 4.78 is 0. The third-order valence-electron chi connectivity index (χ3n) is 3.10. The van der Waals surface area contributed by atoms with Crippen LogP contribution in [0.2, 0.25) is 0 Å². The standard InChI is InChI=1S/C15H21N5O/c1-15(2,3)11-8-12(19-18-11)17-14(21)10-6-7-13(16-9-10)20(4)5/h6-9H,1-5H3,(H2,17,18,19,21). The molecule has 2 aromatic heterocycles. The van der Waals surface area contributed by atoms with Gasteiger partial charge in [0.2, 0.25) is 0 Å². The van der Waals surface area contributed by atoms with E-state index in [4.69, 9.17) is 0 Å². The van der Waals surface area contributed by atoms with Crippen LogP contribution < -0.4 is 10.2 Å². The van der Waals surface area contributed by atoms with Crippen LogP contribution in [0.25, 0.3) is 0 Å². The number of pyridine rings is 1. The lowest BCUT2D eigenvalue weighted by Crippen LogP contribution is -2.14. The van der Waals surface area contributed by atoms with Crippen LogP contribution in [0.15, 0.2) is 24.4 Å². The normalized spacial score (nSPS) is 11.3. The molecule has 112 valence electrons. The molecule has 0 aliphatic rings. The molecule has 6 nitrogen and oxygen atoms in total. The summed E-state index contributed by atoms with van der Waals surface area (Å²) >= 11 is 0. The third-order valence-corrected chi connectivity index (χ3v) is 3.10. The minimum atomic E-state index is -0.222. The van der Waals surface area contributed by atoms with Crippen LogP contribution in [-0.2, 0) is 5.41 Å². The molecule has 2 rings (SSSR count). The van der Waals surface area contributed by atoms with Crippen LogP contribution in [0.3, 0.4) is 0 Å². The van der Waals surface area contributed by atoms with Gasteiger partial charge in [-0.05, 0) is 12.1 Å². The van der Waals surface area contributed by atoms with Crippen molar-refractivity contribution in [3.8, 4) is 0 Å². The molecule has 0 bridgehead atoms. The van der Waals surface area contributed by atoms with Gasteiger partial charge in [0, 0.05) is 37.5 Å². The number of carbonyl (C=O) groups excluding carboxylic acids is 1. The first-order chi connectivity index (χ1) is 9.77. The smallest absolute Gasteiger partial charge is 0.258 e. The highest BCUT2D eigenvalue weighted by Gasteiger charge is 2.17. The van der Waals surface area contributed by atoms with Gasteiger partial charge in [-0.1, -0.05) is 20.8 Å². The van der Waals surface area contributed by atoms with Gasteiger partial charge in [0.05, 0.1) is 5.56 Å². The van der Waals surface area contributed by atoms with Gasteiger partial charge in [0.15, 0.2) is 5.82 Å². The van der Waals surface area contributed by atoms with E-state index in [9.17, 15) is 4.79 Å². The van der Waals surface area contributed by atoms with E-state index < -0.39 is 0 Å². The van der Waals surface area contributed by atoms with Crippen LogP contribution in [-0.4, -0.2) is 35.2 Å². The SMILES string of the molecule is CN(C)c1ccc(C(=O)Nc2cc(C(C)(C)C)[nH]n2)cn1. The summed E-state index contributed by atoms with van der Waals surface area (Å²) in [6, 6.07) is 5.40. The van der Waals surface area contributed by atoms with Gasteiger partial charge in [0.1, 0.15) is 5.82 Å². The van der Waals surface area contributed by atoms with Crippen molar-refractivity contribution in [1.82, 2.24) is 15.2 Å². The molecule has 0 aliphatic carbocycles. The molecule has 0 aliphatic heterocycles. The van der Waals surface area contributed by atoms with Crippen molar-refractivity contribution in [2.45, 2.75) is 26.2 Å². The first kappa shape index (κ1) is 15.0. The molecule has 0 saturated carbocycles. The number of H-pyrrole nitrogens is 1. The van der Waals surface area contributed by atoms with E-state index in [1.54, 1.807) is 18.3 Å². The number of aromatic amines is 1. The number of rotatable bonds is 3. The predicted molar refractivity (Wildman–Crippen MR) is 83.8 cm³/mol. The Labute approximate surface area is 124 Å². The van der Waals surface area contributed by atoms with Gasteiger partial charge in [-0.3, -0.25) is 9.89 Å². The summed E-state index contributed by atoms with van der Waals surface area (Å²) in [4.78, 5) is 18.2. The molecule has 1 amide bonds. The monoisotopic (exact) mass is 287 g/mol. The van der Waals surface area contributed by atoms with Crippen molar-refractivity contribution < 1.29 is 4.79 Å². The quantitative estimate of drug-likeness (QED) is 0.909. The number of hydrogen-bond acceptors (Lipinski definition) is 4. The molecule has 2 heterocycles. The molecular formula is C15H21N5O. The van der Waals surface area contributed by atoms with Gasteiger partial charge in [-0.15, -0.1) is 0 Å². The fraction of sp³-hybridized carbons (Fsp3) is 0.400. The summed E-state index contributed by atoms with van der Waals surface area (Å²) in [5.74, 6) is 1.10. The van der Waals surface area contributed by atoms with Gasteiger partial charge < -0.3 is 10.2 Å². The Hall–Kier alpha value is -2.37. The second-order valence-corrected chi connectivity index (χ2v) is 6.17. The van der Waals surface area contributed by atoms with E-state index in [1.807, 2.05) is 25.1 Å². The highest BCUT2D eigenvalue weighted by molar-refractivity contribution is 6.03. The summed E-state index contributed by atoms with van der Waals surface area (Å²) in [6.45, 7) is 6.24. The zero-order valence-corrected chi connectivity index (χ0v) is 13.1. The highest BCUT2D eigenvalue weighted by Crippen LogP contribution is 2.22. The molecule has 2 aromatic rings. The van der Waals surface area contributed by atoms with E-state index in [1.165, 1.54) is 0 Å². The molecule has 2 N–H and O–H groups in total. The molecule has 0 radical (unpaired) electrons. The van der Waals surface area contributed by atoms with Crippen LogP contribution in [0.1, 0.15) is 36.8 Å². The third kappa shape index (κ3) is 3.59. The van der Waals surface area contributed by atoms with Crippen molar-refractivity contribution in [3.63, 3.8) is 0 Å². The summed E-state index contributed by atoms with van der Waals surface area (Å²) in [5.41, 5.74) is 1.44. The molecule has 0 unspecified atom stereocenters. The maximum atomic E-state index is 12.1. The average Bonchev–Trinajstić information content (AvgIpc) is 2.87. The first-order valence-corrected chi connectivity index (χ1v) is 6.78. The topological polar surface area (TPSA) is 73.9 Å². The molecule has 0 aromatic carbocycles. The lowest BCUT2D eigenvalue weighted by Gasteiger charge is -2.14. The second kappa shape index (κ2) is 5.55. The summed E-state index contributed by atoms with van der Waals surface area (Å²) in [7, 11) is 3.81. The minimum Gasteiger partial charge on any atom is -0.363 e. The van der Waals surface area contributed by atoms with E-state index in [0.29, 0.717) is 11.4 Å². The van der Waals surface area contributed by atoms with Crippen LogP contribution in [0.5, 0.6) is 0 Å². The van der Waals surface area contributed by atoms with Crippen LogP contribution >= 0.6 is 0 Å². The maximum absolute atomic E-state index is 12.1. The van der Waals surface area contributed by atoms with Crippen LogP contribution in [0.4, 0.5) is 11.6 Å². The zero-order chi connectivity index (χ0) is 15.6. The molecule has 0 atom stereocenters. The number of aromatic nitrogens is 3. The van der Waals surface area contributed by atoms with Gasteiger partial charge in [0.25, 0.3) is 5.91 Å². The molecule has 0 fully saturated rings. The highest BCUT2D eigenvalue weighted by atomic mass is 16.1. The fourth-order valence-electron chi connectivity index (χ4n) is 1.74. The molecule has 6 heteroatoms. The Kier molecular flexibility index (Phi) is 3.97. The van der Waals surface area contributed by atoms with Crippen molar-refractivity contribution in [2.24, 2.45) is 0 Å². The number of nitrogens with zero attached hydrogens (tertiary/aromatic N) is 3. The average molecular weight is 287 g/mol.